The van der Waals surface area contributed by atoms with Gasteiger partial charge in [0.2, 0.25) is 0 Å². The van der Waals surface area contributed by atoms with Crippen LogP contribution < -0.4 is 9.47 Å². The molecule has 1 aromatic rings. The second-order valence-corrected chi connectivity index (χ2v) is 4.64. The van der Waals surface area contributed by atoms with E-state index >= 15 is 0 Å². The SMILES string of the molecule is CCOc1ccc(C(=O)N(CCC#N)CCC#N)cc1OCC. The highest BCUT2D eigenvalue weighted by Gasteiger charge is 2.17. The Hall–Kier alpha value is -2.73. The average molecular weight is 315 g/mol. The van der Waals surface area contributed by atoms with E-state index < -0.39 is 0 Å². The third-order valence-corrected chi connectivity index (χ3v) is 3.06. The Kier molecular flexibility index (Phi) is 8.02. The van der Waals surface area contributed by atoms with Crippen molar-refractivity contribution in [1.29, 1.82) is 10.5 Å². The quantitative estimate of drug-likeness (QED) is 0.699. The molecule has 0 fully saturated rings. The lowest BCUT2D eigenvalue weighted by Gasteiger charge is -2.21. The third kappa shape index (κ3) is 5.52. The van der Waals surface area contributed by atoms with Gasteiger partial charge in [0.15, 0.2) is 11.5 Å². The summed E-state index contributed by atoms with van der Waals surface area (Å²) >= 11 is 0. The maximum atomic E-state index is 12.6. The van der Waals surface area contributed by atoms with Crippen LogP contribution >= 0.6 is 0 Å². The van der Waals surface area contributed by atoms with Gasteiger partial charge in [-0.3, -0.25) is 4.79 Å². The number of ether oxygens (including phenoxy) is 2. The normalized spacial score (nSPS) is 9.57. The summed E-state index contributed by atoms with van der Waals surface area (Å²) in [7, 11) is 0. The molecule has 0 saturated carbocycles. The van der Waals surface area contributed by atoms with Gasteiger partial charge in [-0.05, 0) is 32.0 Å². The lowest BCUT2D eigenvalue weighted by atomic mass is 10.1. The molecule has 0 aliphatic heterocycles. The van der Waals surface area contributed by atoms with Crippen LogP contribution in [0.1, 0.15) is 37.0 Å². The standard InChI is InChI=1S/C17H21N3O3/c1-3-22-15-8-7-14(13-16(15)23-4-2)17(21)20(11-5-9-18)12-6-10-19/h7-8,13H,3-6,11-12H2,1-2H3. The van der Waals surface area contributed by atoms with E-state index in [0.29, 0.717) is 43.4 Å². The number of nitrogens with zero attached hydrogens (tertiary/aromatic N) is 3. The smallest absolute Gasteiger partial charge is 0.254 e. The summed E-state index contributed by atoms with van der Waals surface area (Å²) in [6.07, 6.45) is 0.457. The summed E-state index contributed by atoms with van der Waals surface area (Å²) in [4.78, 5) is 14.1. The molecule has 1 aromatic carbocycles. The molecule has 0 atom stereocenters. The third-order valence-electron chi connectivity index (χ3n) is 3.06. The van der Waals surface area contributed by atoms with Gasteiger partial charge in [0.1, 0.15) is 0 Å². The molecule has 0 unspecified atom stereocenters. The van der Waals surface area contributed by atoms with Crippen molar-refractivity contribution in [3.8, 4) is 23.6 Å². The van der Waals surface area contributed by atoms with Crippen LogP contribution in [0, 0.1) is 22.7 Å². The Bertz CT molecular complexity index is 584. The molecular formula is C17H21N3O3. The van der Waals surface area contributed by atoms with Crippen LogP contribution in [0.5, 0.6) is 11.5 Å². The molecule has 0 saturated heterocycles. The summed E-state index contributed by atoms with van der Waals surface area (Å²) in [5, 5.41) is 17.4. The molecule has 6 heteroatoms. The minimum Gasteiger partial charge on any atom is -0.490 e. The molecule has 122 valence electrons. The summed E-state index contributed by atoms with van der Waals surface area (Å²) in [5.74, 6) is 0.881. The summed E-state index contributed by atoms with van der Waals surface area (Å²) < 4.78 is 11.0. The molecule has 1 amide bonds. The van der Waals surface area contributed by atoms with Crippen molar-refractivity contribution < 1.29 is 14.3 Å². The van der Waals surface area contributed by atoms with Crippen molar-refractivity contribution in [2.24, 2.45) is 0 Å². The molecule has 0 heterocycles. The zero-order chi connectivity index (χ0) is 17.1. The van der Waals surface area contributed by atoms with Crippen LogP contribution in [0.4, 0.5) is 0 Å². The topological polar surface area (TPSA) is 86.4 Å². The van der Waals surface area contributed by atoms with Crippen LogP contribution in [0.25, 0.3) is 0 Å². The van der Waals surface area contributed by atoms with Crippen molar-refractivity contribution in [3.05, 3.63) is 23.8 Å². The van der Waals surface area contributed by atoms with Gasteiger partial charge >= 0.3 is 0 Å². The van der Waals surface area contributed by atoms with Crippen molar-refractivity contribution in [3.63, 3.8) is 0 Å². The minimum atomic E-state index is -0.223. The number of hydrogen-bond acceptors (Lipinski definition) is 5. The van der Waals surface area contributed by atoms with Gasteiger partial charge in [-0.25, -0.2) is 0 Å². The second kappa shape index (κ2) is 10.1. The Morgan fingerprint density at radius 3 is 2.13 bits per heavy atom. The van der Waals surface area contributed by atoms with Crippen LogP contribution in [0.3, 0.4) is 0 Å². The molecule has 23 heavy (non-hydrogen) atoms. The lowest BCUT2D eigenvalue weighted by molar-refractivity contribution is 0.0762. The Morgan fingerprint density at radius 2 is 1.61 bits per heavy atom. The number of carbonyl (C=O) groups excluding carboxylic acids is 1. The molecule has 0 aliphatic rings. The zero-order valence-electron chi connectivity index (χ0n) is 13.5. The predicted molar refractivity (Wildman–Crippen MR) is 85.1 cm³/mol. The van der Waals surface area contributed by atoms with Crippen molar-refractivity contribution in [2.75, 3.05) is 26.3 Å². The van der Waals surface area contributed by atoms with Gasteiger partial charge in [-0.2, -0.15) is 10.5 Å². The highest BCUT2D eigenvalue weighted by molar-refractivity contribution is 5.95. The van der Waals surface area contributed by atoms with Crippen molar-refractivity contribution >= 4 is 5.91 Å². The van der Waals surface area contributed by atoms with E-state index in [2.05, 4.69) is 0 Å². The molecule has 1 rings (SSSR count). The zero-order valence-corrected chi connectivity index (χ0v) is 13.5. The molecule has 0 aromatic heterocycles. The fourth-order valence-electron chi connectivity index (χ4n) is 2.05. The van der Waals surface area contributed by atoms with E-state index in [1.165, 1.54) is 4.90 Å². The van der Waals surface area contributed by atoms with E-state index in [1.54, 1.807) is 18.2 Å². The van der Waals surface area contributed by atoms with Crippen LogP contribution in [-0.2, 0) is 0 Å². The Labute approximate surface area is 136 Å². The highest BCUT2D eigenvalue weighted by atomic mass is 16.5. The summed E-state index contributed by atoms with van der Waals surface area (Å²) in [6.45, 7) is 5.30. The van der Waals surface area contributed by atoms with Gasteiger partial charge in [0.25, 0.3) is 5.91 Å². The van der Waals surface area contributed by atoms with E-state index in [1.807, 2.05) is 26.0 Å². The number of hydrogen-bond donors (Lipinski definition) is 0. The maximum absolute atomic E-state index is 12.6. The fourth-order valence-corrected chi connectivity index (χ4v) is 2.05. The van der Waals surface area contributed by atoms with E-state index in [-0.39, 0.29) is 18.7 Å². The van der Waals surface area contributed by atoms with Crippen molar-refractivity contribution in [1.82, 2.24) is 4.90 Å². The Morgan fingerprint density at radius 1 is 1.04 bits per heavy atom. The first-order valence-corrected chi connectivity index (χ1v) is 7.60. The van der Waals surface area contributed by atoms with Gasteiger partial charge in [-0.1, -0.05) is 0 Å². The average Bonchev–Trinajstić information content (AvgIpc) is 2.56. The lowest BCUT2D eigenvalue weighted by Crippen LogP contribution is -2.32. The molecule has 0 aliphatic carbocycles. The second-order valence-electron chi connectivity index (χ2n) is 4.64. The molecule has 0 bridgehead atoms. The largest absolute Gasteiger partial charge is 0.490 e. The summed E-state index contributed by atoms with van der Waals surface area (Å²) in [6, 6.07) is 9.05. The number of rotatable bonds is 9. The van der Waals surface area contributed by atoms with E-state index in [4.69, 9.17) is 20.0 Å². The van der Waals surface area contributed by atoms with Crippen molar-refractivity contribution in [2.45, 2.75) is 26.7 Å². The van der Waals surface area contributed by atoms with E-state index in [0.717, 1.165) is 0 Å². The Balaban J connectivity index is 3.01. The van der Waals surface area contributed by atoms with Crippen LogP contribution in [-0.4, -0.2) is 37.1 Å². The predicted octanol–water partition coefficient (Wildman–Crippen LogP) is 2.75. The van der Waals surface area contributed by atoms with Gasteiger partial charge in [0, 0.05) is 18.7 Å². The molecule has 0 radical (unpaired) electrons. The molecule has 0 N–H and O–H groups in total. The van der Waals surface area contributed by atoms with Crippen LogP contribution in [0.15, 0.2) is 18.2 Å². The maximum Gasteiger partial charge on any atom is 0.254 e. The number of benzene rings is 1. The number of carbonyl (C=O) groups is 1. The first-order valence-electron chi connectivity index (χ1n) is 7.60. The summed E-state index contributed by atoms with van der Waals surface area (Å²) in [5.41, 5.74) is 0.452. The molecule has 6 nitrogen and oxygen atoms in total. The number of nitriles is 2. The monoisotopic (exact) mass is 315 g/mol. The van der Waals surface area contributed by atoms with Gasteiger partial charge in [-0.15, -0.1) is 0 Å². The van der Waals surface area contributed by atoms with Gasteiger partial charge in [0.05, 0.1) is 38.2 Å². The van der Waals surface area contributed by atoms with Crippen LogP contribution in [0.2, 0.25) is 0 Å². The highest BCUT2D eigenvalue weighted by Crippen LogP contribution is 2.29. The molecule has 0 spiro atoms. The number of amides is 1. The molecular weight excluding hydrogens is 294 g/mol. The first kappa shape index (κ1) is 18.3. The minimum absolute atomic E-state index is 0.223. The fraction of sp³-hybridized carbons (Fsp3) is 0.471. The van der Waals surface area contributed by atoms with E-state index in [9.17, 15) is 4.79 Å². The van der Waals surface area contributed by atoms with Gasteiger partial charge < -0.3 is 14.4 Å². The first-order chi connectivity index (χ1) is 11.2.